The SMILES string of the molecule is CCOC(=O)C(C=Nc1ccc(F)cc1)=C(O)c1ccccc1. The molecule has 2 aromatic carbocycles. The number of aliphatic imine (C=N–C) groups is 1. The van der Waals surface area contributed by atoms with Crippen LogP contribution >= 0.6 is 0 Å². The van der Waals surface area contributed by atoms with Crippen molar-refractivity contribution in [2.45, 2.75) is 6.92 Å². The van der Waals surface area contributed by atoms with E-state index in [1.165, 1.54) is 30.5 Å². The average Bonchev–Trinajstić information content (AvgIpc) is 2.57. The molecule has 118 valence electrons. The summed E-state index contributed by atoms with van der Waals surface area (Å²) in [7, 11) is 0. The summed E-state index contributed by atoms with van der Waals surface area (Å²) in [6, 6.07) is 14.1. The number of aliphatic hydroxyl groups is 1. The van der Waals surface area contributed by atoms with E-state index in [0.717, 1.165) is 0 Å². The van der Waals surface area contributed by atoms with Crippen LogP contribution in [0.4, 0.5) is 10.1 Å². The zero-order chi connectivity index (χ0) is 16.7. The van der Waals surface area contributed by atoms with Crippen molar-refractivity contribution in [3.63, 3.8) is 0 Å². The maximum atomic E-state index is 12.9. The maximum absolute atomic E-state index is 12.9. The van der Waals surface area contributed by atoms with Gasteiger partial charge in [0.2, 0.25) is 0 Å². The van der Waals surface area contributed by atoms with Crippen molar-refractivity contribution in [3.05, 3.63) is 71.6 Å². The molecule has 0 spiro atoms. The minimum atomic E-state index is -0.681. The largest absolute Gasteiger partial charge is 0.506 e. The summed E-state index contributed by atoms with van der Waals surface area (Å²) in [6.07, 6.45) is 1.22. The molecular weight excluding hydrogens is 297 g/mol. The van der Waals surface area contributed by atoms with E-state index < -0.39 is 5.97 Å². The standard InChI is InChI=1S/C18H16FNO3/c1-2-23-18(22)16(17(21)13-6-4-3-5-7-13)12-20-15-10-8-14(19)9-11-15/h3-12,21H,2H2,1H3. The monoisotopic (exact) mass is 313 g/mol. The molecule has 0 aliphatic heterocycles. The van der Waals surface area contributed by atoms with Crippen molar-refractivity contribution in [2.24, 2.45) is 4.99 Å². The second kappa shape index (κ2) is 7.89. The molecule has 2 aromatic rings. The number of halogens is 1. The Labute approximate surface area is 133 Å². The van der Waals surface area contributed by atoms with Crippen molar-refractivity contribution in [3.8, 4) is 0 Å². The average molecular weight is 313 g/mol. The van der Waals surface area contributed by atoms with Crippen LogP contribution in [-0.4, -0.2) is 23.9 Å². The fourth-order valence-electron chi connectivity index (χ4n) is 1.84. The maximum Gasteiger partial charge on any atom is 0.343 e. The minimum absolute atomic E-state index is 0.0672. The van der Waals surface area contributed by atoms with E-state index in [2.05, 4.69) is 4.99 Å². The molecule has 0 aromatic heterocycles. The summed E-state index contributed by atoms with van der Waals surface area (Å²) in [5.74, 6) is -1.29. The number of carbonyl (C=O) groups excluding carboxylic acids is 1. The predicted octanol–water partition coefficient (Wildman–Crippen LogP) is 4.06. The highest BCUT2D eigenvalue weighted by molar-refractivity contribution is 6.15. The number of hydrogen-bond acceptors (Lipinski definition) is 4. The number of esters is 1. The van der Waals surface area contributed by atoms with E-state index in [0.29, 0.717) is 11.3 Å². The van der Waals surface area contributed by atoms with Crippen LogP contribution in [-0.2, 0) is 9.53 Å². The van der Waals surface area contributed by atoms with Crippen LogP contribution in [0.2, 0.25) is 0 Å². The minimum Gasteiger partial charge on any atom is -0.506 e. The fourth-order valence-corrected chi connectivity index (χ4v) is 1.84. The lowest BCUT2D eigenvalue weighted by Crippen LogP contribution is -2.11. The summed E-state index contributed by atoms with van der Waals surface area (Å²) < 4.78 is 17.8. The van der Waals surface area contributed by atoms with E-state index in [1.54, 1.807) is 37.3 Å². The molecule has 0 atom stereocenters. The van der Waals surface area contributed by atoms with E-state index in [-0.39, 0.29) is 23.8 Å². The first-order valence-corrected chi connectivity index (χ1v) is 7.07. The molecule has 0 fully saturated rings. The van der Waals surface area contributed by atoms with E-state index in [1.807, 2.05) is 0 Å². The third kappa shape index (κ3) is 4.51. The van der Waals surface area contributed by atoms with E-state index in [9.17, 15) is 14.3 Å². The summed E-state index contributed by atoms with van der Waals surface area (Å²) in [6.45, 7) is 1.85. The van der Waals surface area contributed by atoms with Gasteiger partial charge in [-0.15, -0.1) is 0 Å². The molecule has 2 rings (SSSR count). The van der Waals surface area contributed by atoms with Gasteiger partial charge in [0.05, 0.1) is 12.3 Å². The molecular formula is C18H16FNO3. The first kappa shape index (κ1) is 16.4. The van der Waals surface area contributed by atoms with Gasteiger partial charge in [0.1, 0.15) is 17.1 Å². The Bertz CT molecular complexity index is 722. The molecule has 5 heteroatoms. The van der Waals surface area contributed by atoms with Gasteiger partial charge in [0, 0.05) is 11.8 Å². The Hall–Kier alpha value is -2.95. The van der Waals surface area contributed by atoms with Crippen molar-refractivity contribution in [2.75, 3.05) is 6.61 Å². The van der Waals surface area contributed by atoms with Crippen LogP contribution in [0.1, 0.15) is 12.5 Å². The number of nitrogens with zero attached hydrogens (tertiary/aromatic N) is 1. The Morgan fingerprint density at radius 1 is 1.17 bits per heavy atom. The second-order valence-corrected chi connectivity index (χ2v) is 4.58. The van der Waals surface area contributed by atoms with E-state index >= 15 is 0 Å². The third-order valence-electron chi connectivity index (χ3n) is 2.97. The van der Waals surface area contributed by atoms with Gasteiger partial charge < -0.3 is 9.84 Å². The molecule has 0 heterocycles. The lowest BCUT2D eigenvalue weighted by atomic mass is 10.1. The lowest BCUT2D eigenvalue weighted by Gasteiger charge is -2.06. The fraction of sp³-hybridized carbons (Fsp3) is 0.111. The first-order chi connectivity index (χ1) is 11.1. The summed E-state index contributed by atoms with van der Waals surface area (Å²) in [5.41, 5.74) is 0.859. The zero-order valence-corrected chi connectivity index (χ0v) is 12.6. The molecule has 0 aliphatic rings. The number of carbonyl (C=O) groups is 1. The summed E-state index contributed by atoms with van der Waals surface area (Å²) in [5, 5.41) is 10.3. The second-order valence-electron chi connectivity index (χ2n) is 4.58. The molecule has 23 heavy (non-hydrogen) atoms. The number of benzene rings is 2. The topological polar surface area (TPSA) is 58.9 Å². The molecule has 0 radical (unpaired) electrons. The summed E-state index contributed by atoms with van der Waals surface area (Å²) >= 11 is 0. The van der Waals surface area contributed by atoms with Crippen LogP contribution in [0.25, 0.3) is 5.76 Å². The Balaban J connectivity index is 2.38. The first-order valence-electron chi connectivity index (χ1n) is 7.07. The molecule has 1 N–H and O–H groups in total. The molecule has 4 nitrogen and oxygen atoms in total. The lowest BCUT2D eigenvalue weighted by molar-refractivity contribution is -0.137. The third-order valence-corrected chi connectivity index (χ3v) is 2.97. The van der Waals surface area contributed by atoms with E-state index in [4.69, 9.17) is 4.74 Å². The Kier molecular flexibility index (Phi) is 5.63. The highest BCUT2D eigenvalue weighted by Crippen LogP contribution is 2.18. The van der Waals surface area contributed by atoms with Gasteiger partial charge in [0.15, 0.2) is 0 Å². The molecule has 0 saturated heterocycles. The smallest absolute Gasteiger partial charge is 0.343 e. The van der Waals surface area contributed by atoms with Crippen molar-refractivity contribution >= 4 is 23.6 Å². The highest BCUT2D eigenvalue weighted by Gasteiger charge is 2.16. The van der Waals surface area contributed by atoms with Gasteiger partial charge in [0.25, 0.3) is 0 Å². The molecule has 0 saturated carbocycles. The van der Waals surface area contributed by atoms with Crippen LogP contribution < -0.4 is 0 Å². The Morgan fingerprint density at radius 2 is 1.83 bits per heavy atom. The number of rotatable bonds is 5. The van der Waals surface area contributed by atoms with Gasteiger partial charge in [-0.05, 0) is 31.2 Å². The van der Waals surface area contributed by atoms with Crippen molar-refractivity contribution < 1.29 is 19.0 Å². The van der Waals surface area contributed by atoms with Gasteiger partial charge in [-0.1, -0.05) is 30.3 Å². The molecule has 0 aliphatic carbocycles. The molecule has 0 amide bonds. The van der Waals surface area contributed by atoms with Crippen molar-refractivity contribution in [1.29, 1.82) is 0 Å². The van der Waals surface area contributed by atoms with Crippen LogP contribution in [0.5, 0.6) is 0 Å². The normalized spacial score (nSPS) is 12.1. The van der Waals surface area contributed by atoms with Crippen LogP contribution in [0.15, 0.2) is 65.2 Å². The van der Waals surface area contributed by atoms with Gasteiger partial charge in [-0.2, -0.15) is 0 Å². The zero-order valence-electron chi connectivity index (χ0n) is 12.6. The van der Waals surface area contributed by atoms with Gasteiger partial charge in [-0.25, -0.2) is 9.18 Å². The van der Waals surface area contributed by atoms with Crippen LogP contribution in [0, 0.1) is 5.82 Å². The van der Waals surface area contributed by atoms with Crippen LogP contribution in [0.3, 0.4) is 0 Å². The van der Waals surface area contributed by atoms with Gasteiger partial charge >= 0.3 is 5.97 Å². The number of hydrogen-bond donors (Lipinski definition) is 1. The quantitative estimate of drug-likeness (QED) is 0.392. The highest BCUT2D eigenvalue weighted by atomic mass is 19.1. The van der Waals surface area contributed by atoms with Crippen molar-refractivity contribution in [1.82, 2.24) is 0 Å². The number of aliphatic hydroxyl groups excluding tert-OH is 1. The predicted molar refractivity (Wildman–Crippen MR) is 87.2 cm³/mol. The Morgan fingerprint density at radius 3 is 2.43 bits per heavy atom. The molecule has 0 bridgehead atoms. The molecule has 0 unspecified atom stereocenters. The van der Waals surface area contributed by atoms with Gasteiger partial charge in [-0.3, -0.25) is 4.99 Å². The number of ether oxygens (including phenoxy) is 1. The summed E-state index contributed by atoms with van der Waals surface area (Å²) in [4.78, 5) is 16.1.